The maximum atomic E-state index is 11.7. The van der Waals surface area contributed by atoms with E-state index in [1.165, 1.54) is 5.56 Å². The fraction of sp³-hybridized carbons (Fsp3) is 0.533. The first kappa shape index (κ1) is 17.0. The van der Waals surface area contributed by atoms with E-state index in [4.69, 9.17) is 5.11 Å². The van der Waals surface area contributed by atoms with E-state index in [0.29, 0.717) is 13.0 Å². The Hall–Kier alpha value is -1.07. The quantitative estimate of drug-likeness (QED) is 0.713. The molecule has 20 heavy (non-hydrogen) atoms. The van der Waals surface area contributed by atoms with Crippen LogP contribution in [0.15, 0.2) is 28.7 Å². The fourth-order valence-electron chi connectivity index (χ4n) is 1.93. The van der Waals surface area contributed by atoms with Crippen molar-refractivity contribution in [3.8, 4) is 0 Å². The van der Waals surface area contributed by atoms with E-state index >= 15 is 0 Å². The Morgan fingerprint density at radius 3 is 2.80 bits per heavy atom. The maximum Gasteiger partial charge on any atom is 0.315 e. The molecule has 4 nitrogen and oxygen atoms in total. The summed E-state index contributed by atoms with van der Waals surface area (Å²) < 4.78 is 1.05. The largest absolute Gasteiger partial charge is 0.396 e. The molecule has 2 atom stereocenters. The van der Waals surface area contributed by atoms with E-state index in [0.717, 1.165) is 10.9 Å². The third-order valence-electron chi connectivity index (χ3n) is 3.04. The summed E-state index contributed by atoms with van der Waals surface area (Å²) in [5.74, 6) is 0.283. The summed E-state index contributed by atoms with van der Waals surface area (Å²) in [7, 11) is 0. The van der Waals surface area contributed by atoms with Gasteiger partial charge < -0.3 is 15.7 Å². The molecule has 0 aliphatic heterocycles. The molecular weight excluding hydrogens is 320 g/mol. The molecule has 0 bridgehead atoms. The Morgan fingerprint density at radius 1 is 1.40 bits per heavy atom. The first-order chi connectivity index (χ1) is 9.51. The molecule has 0 spiro atoms. The lowest BCUT2D eigenvalue weighted by Gasteiger charge is -2.16. The smallest absolute Gasteiger partial charge is 0.315 e. The predicted octanol–water partition coefficient (Wildman–Crippen LogP) is 2.70. The molecule has 0 aliphatic rings. The van der Waals surface area contributed by atoms with Crippen molar-refractivity contribution in [2.24, 2.45) is 5.92 Å². The van der Waals surface area contributed by atoms with Gasteiger partial charge >= 0.3 is 6.03 Å². The van der Waals surface area contributed by atoms with Gasteiger partial charge in [0.1, 0.15) is 0 Å². The van der Waals surface area contributed by atoms with E-state index < -0.39 is 0 Å². The second-order valence-corrected chi connectivity index (χ2v) is 6.12. The van der Waals surface area contributed by atoms with Crippen LogP contribution >= 0.6 is 15.9 Å². The number of hydrogen-bond donors (Lipinski definition) is 3. The maximum absolute atomic E-state index is 11.7. The second kappa shape index (κ2) is 8.97. The number of carbonyl (C=O) groups is 1. The zero-order chi connectivity index (χ0) is 15.0. The molecule has 1 aromatic rings. The molecule has 112 valence electrons. The van der Waals surface area contributed by atoms with Gasteiger partial charge in [0.2, 0.25) is 0 Å². The minimum atomic E-state index is -0.155. The van der Waals surface area contributed by atoms with E-state index in [2.05, 4.69) is 32.6 Å². The molecule has 0 aliphatic carbocycles. The van der Waals surface area contributed by atoms with Crippen molar-refractivity contribution in [1.82, 2.24) is 10.6 Å². The van der Waals surface area contributed by atoms with Gasteiger partial charge in [0.05, 0.1) is 0 Å². The van der Waals surface area contributed by atoms with E-state index in [-0.39, 0.29) is 24.6 Å². The molecule has 0 saturated carbocycles. The van der Waals surface area contributed by atoms with Gasteiger partial charge in [0.15, 0.2) is 0 Å². The third-order valence-corrected chi connectivity index (χ3v) is 3.53. The molecule has 5 heteroatoms. The Kier molecular flexibility index (Phi) is 7.62. The number of benzene rings is 1. The van der Waals surface area contributed by atoms with Crippen molar-refractivity contribution in [1.29, 1.82) is 0 Å². The number of rotatable bonds is 7. The van der Waals surface area contributed by atoms with Crippen LogP contribution < -0.4 is 10.6 Å². The molecule has 3 N–H and O–H groups in total. The molecular formula is C15H23BrN2O2. The first-order valence-corrected chi connectivity index (χ1v) is 7.70. The SMILES string of the molecule is CC(CCO)CNC(=O)NC(C)Cc1cccc(Br)c1. The number of amides is 2. The second-order valence-electron chi connectivity index (χ2n) is 5.21. The van der Waals surface area contributed by atoms with E-state index in [9.17, 15) is 4.79 Å². The van der Waals surface area contributed by atoms with Crippen LogP contribution in [0.3, 0.4) is 0 Å². The highest BCUT2D eigenvalue weighted by Crippen LogP contribution is 2.13. The number of nitrogens with one attached hydrogen (secondary N) is 2. The number of aliphatic hydroxyl groups is 1. The Labute approximate surface area is 129 Å². The summed E-state index contributed by atoms with van der Waals surface area (Å²) in [5, 5.41) is 14.5. The van der Waals surface area contributed by atoms with Gasteiger partial charge in [-0.2, -0.15) is 0 Å². The standard InChI is InChI=1S/C15H23BrN2O2/c1-11(6-7-19)10-17-15(20)18-12(2)8-13-4-3-5-14(16)9-13/h3-5,9,11-12,19H,6-8,10H2,1-2H3,(H2,17,18,20). The van der Waals surface area contributed by atoms with Crippen molar-refractivity contribution in [3.05, 3.63) is 34.3 Å². The van der Waals surface area contributed by atoms with Gasteiger partial charge in [0, 0.05) is 23.7 Å². The summed E-state index contributed by atoms with van der Waals surface area (Å²) in [6, 6.07) is 7.98. The minimum absolute atomic E-state index is 0.0671. The van der Waals surface area contributed by atoms with E-state index in [1.807, 2.05) is 32.0 Å². The molecule has 0 saturated heterocycles. The average Bonchev–Trinajstić information content (AvgIpc) is 2.36. The molecule has 2 unspecified atom stereocenters. The Bertz CT molecular complexity index is 426. The first-order valence-electron chi connectivity index (χ1n) is 6.91. The summed E-state index contributed by atoms with van der Waals surface area (Å²) >= 11 is 3.44. The number of halogens is 1. The van der Waals surface area contributed by atoms with Gasteiger partial charge in [-0.25, -0.2) is 4.79 Å². The highest BCUT2D eigenvalue weighted by atomic mass is 79.9. The zero-order valence-corrected chi connectivity index (χ0v) is 13.6. The number of hydrogen-bond acceptors (Lipinski definition) is 2. The summed E-state index contributed by atoms with van der Waals surface area (Å²) in [6.07, 6.45) is 1.49. The molecule has 0 aromatic heterocycles. The van der Waals surface area contributed by atoms with Gasteiger partial charge in [0.25, 0.3) is 0 Å². The predicted molar refractivity (Wildman–Crippen MR) is 84.7 cm³/mol. The lowest BCUT2D eigenvalue weighted by atomic mass is 10.1. The van der Waals surface area contributed by atoms with E-state index in [1.54, 1.807) is 0 Å². The summed E-state index contributed by atoms with van der Waals surface area (Å²) in [5.41, 5.74) is 1.18. The van der Waals surface area contributed by atoms with Crippen LogP contribution in [-0.2, 0) is 6.42 Å². The van der Waals surface area contributed by atoms with Crippen molar-refractivity contribution in [3.63, 3.8) is 0 Å². The van der Waals surface area contributed by atoms with Crippen molar-refractivity contribution in [2.45, 2.75) is 32.7 Å². The Morgan fingerprint density at radius 2 is 2.15 bits per heavy atom. The zero-order valence-electron chi connectivity index (χ0n) is 12.0. The van der Waals surface area contributed by atoms with Crippen molar-refractivity contribution < 1.29 is 9.90 Å². The fourth-order valence-corrected chi connectivity index (χ4v) is 2.38. The molecule has 1 rings (SSSR count). The topological polar surface area (TPSA) is 61.4 Å². The highest BCUT2D eigenvalue weighted by Gasteiger charge is 2.09. The van der Waals surface area contributed by atoms with Crippen molar-refractivity contribution in [2.75, 3.05) is 13.2 Å². The van der Waals surface area contributed by atoms with Crippen LogP contribution in [0.5, 0.6) is 0 Å². The third kappa shape index (κ3) is 6.91. The van der Waals surface area contributed by atoms with Crippen molar-refractivity contribution >= 4 is 22.0 Å². The summed E-state index contributed by atoms with van der Waals surface area (Å²) in [6.45, 7) is 4.72. The van der Waals surface area contributed by atoms with Crippen LogP contribution in [0, 0.1) is 5.92 Å². The molecule has 0 radical (unpaired) electrons. The van der Waals surface area contributed by atoms with Gasteiger partial charge in [-0.3, -0.25) is 0 Å². The van der Waals surface area contributed by atoms with Crippen LogP contribution in [0.25, 0.3) is 0 Å². The molecule has 0 fully saturated rings. The Balaban J connectivity index is 2.31. The number of urea groups is 1. The van der Waals surface area contributed by atoms with Crippen LogP contribution in [-0.4, -0.2) is 30.3 Å². The summed E-state index contributed by atoms with van der Waals surface area (Å²) in [4.78, 5) is 11.7. The van der Waals surface area contributed by atoms with Gasteiger partial charge in [-0.15, -0.1) is 0 Å². The van der Waals surface area contributed by atoms with Crippen LogP contribution in [0.4, 0.5) is 4.79 Å². The van der Waals surface area contributed by atoms with Gasteiger partial charge in [-0.05, 0) is 43.4 Å². The lowest BCUT2D eigenvalue weighted by Crippen LogP contribution is -2.43. The molecule has 0 heterocycles. The number of aliphatic hydroxyl groups excluding tert-OH is 1. The van der Waals surface area contributed by atoms with Crippen LogP contribution in [0.2, 0.25) is 0 Å². The minimum Gasteiger partial charge on any atom is -0.396 e. The molecule has 1 aromatic carbocycles. The van der Waals surface area contributed by atoms with Gasteiger partial charge in [-0.1, -0.05) is 35.0 Å². The van der Waals surface area contributed by atoms with Crippen LogP contribution in [0.1, 0.15) is 25.8 Å². The normalized spacial score (nSPS) is 13.6. The number of carbonyl (C=O) groups excluding carboxylic acids is 1. The monoisotopic (exact) mass is 342 g/mol. The lowest BCUT2D eigenvalue weighted by molar-refractivity contribution is 0.231. The average molecular weight is 343 g/mol. The highest BCUT2D eigenvalue weighted by molar-refractivity contribution is 9.10. The molecule has 2 amide bonds.